The summed E-state index contributed by atoms with van der Waals surface area (Å²) in [5.41, 5.74) is 2.85. The maximum atomic E-state index is 11.4. The van der Waals surface area contributed by atoms with Crippen LogP contribution in [0.25, 0.3) is 0 Å². The Labute approximate surface area is 110 Å². The van der Waals surface area contributed by atoms with Crippen LogP contribution in [0.3, 0.4) is 0 Å². The predicted octanol–water partition coefficient (Wildman–Crippen LogP) is 0.205. The van der Waals surface area contributed by atoms with Gasteiger partial charge in [-0.2, -0.15) is 5.10 Å². The van der Waals surface area contributed by atoms with Crippen molar-refractivity contribution in [1.82, 2.24) is 10.3 Å². The number of carbonyl (C=O) groups is 1. The van der Waals surface area contributed by atoms with E-state index in [0.717, 1.165) is 0 Å². The van der Waals surface area contributed by atoms with E-state index in [1.165, 1.54) is 12.1 Å². The molecule has 0 aliphatic rings. The van der Waals surface area contributed by atoms with Gasteiger partial charge in [-0.1, -0.05) is 0 Å². The standard InChI is InChI=1S/C12H17N3O4/c1-7(13-14-10(17)6-15(2)3)8-4-5-9(16)12(19)11(8)18/h4-5,16,18-19H,6H2,1-3H3,(H,14,17)/b13-7+. The Morgan fingerprint density at radius 2 is 1.89 bits per heavy atom. The Bertz CT molecular complexity index is 512. The molecule has 0 spiro atoms. The van der Waals surface area contributed by atoms with Crippen molar-refractivity contribution in [2.45, 2.75) is 6.92 Å². The van der Waals surface area contributed by atoms with Gasteiger partial charge in [0.05, 0.1) is 12.3 Å². The first-order valence-corrected chi connectivity index (χ1v) is 5.55. The fraction of sp³-hybridized carbons (Fsp3) is 0.333. The van der Waals surface area contributed by atoms with Gasteiger partial charge in [0.15, 0.2) is 11.5 Å². The van der Waals surface area contributed by atoms with Crippen molar-refractivity contribution in [3.05, 3.63) is 17.7 Å². The third-order valence-corrected chi connectivity index (χ3v) is 2.33. The zero-order valence-electron chi connectivity index (χ0n) is 11.0. The van der Waals surface area contributed by atoms with E-state index >= 15 is 0 Å². The maximum Gasteiger partial charge on any atom is 0.254 e. The number of hydrazone groups is 1. The topological polar surface area (TPSA) is 105 Å². The zero-order chi connectivity index (χ0) is 14.6. The summed E-state index contributed by atoms with van der Waals surface area (Å²) in [6, 6.07) is 2.62. The third-order valence-electron chi connectivity index (χ3n) is 2.33. The molecule has 1 rings (SSSR count). The molecule has 0 bridgehead atoms. The fourth-order valence-corrected chi connectivity index (χ4v) is 1.39. The number of aromatic hydroxyl groups is 3. The number of nitrogens with one attached hydrogen (secondary N) is 1. The first-order chi connectivity index (χ1) is 8.82. The highest BCUT2D eigenvalue weighted by Crippen LogP contribution is 2.37. The van der Waals surface area contributed by atoms with E-state index in [4.69, 9.17) is 0 Å². The van der Waals surface area contributed by atoms with E-state index in [1.807, 2.05) is 0 Å². The van der Waals surface area contributed by atoms with Gasteiger partial charge in [-0.3, -0.25) is 4.79 Å². The maximum absolute atomic E-state index is 11.4. The van der Waals surface area contributed by atoms with Crippen LogP contribution in [-0.2, 0) is 4.79 Å². The highest BCUT2D eigenvalue weighted by atomic mass is 16.3. The molecule has 0 unspecified atom stereocenters. The van der Waals surface area contributed by atoms with Crippen LogP contribution in [0.4, 0.5) is 0 Å². The molecular formula is C12H17N3O4. The molecule has 0 radical (unpaired) electrons. The van der Waals surface area contributed by atoms with Crippen molar-refractivity contribution in [2.24, 2.45) is 5.10 Å². The van der Waals surface area contributed by atoms with Gasteiger partial charge in [0.2, 0.25) is 5.75 Å². The molecule has 0 atom stereocenters. The van der Waals surface area contributed by atoms with Crippen molar-refractivity contribution >= 4 is 11.6 Å². The molecule has 0 saturated carbocycles. The number of amides is 1. The molecule has 0 saturated heterocycles. The normalized spacial score (nSPS) is 11.7. The number of phenols is 3. The van der Waals surface area contributed by atoms with Gasteiger partial charge in [-0.25, -0.2) is 5.43 Å². The molecule has 0 fully saturated rings. The second-order valence-electron chi connectivity index (χ2n) is 4.30. The monoisotopic (exact) mass is 267 g/mol. The van der Waals surface area contributed by atoms with E-state index in [1.54, 1.807) is 25.9 Å². The second-order valence-corrected chi connectivity index (χ2v) is 4.30. The number of hydrogen-bond donors (Lipinski definition) is 4. The summed E-state index contributed by atoms with van der Waals surface area (Å²) < 4.78 is 0. The van der Waals surface area contributed by atoms with Crippen molar-refractivity contribution < 1.29 is 20.1 Å². The Morgan fingerprint density at radius 3 is 2.47 bits per heavy atom. The lowest BCUT2D eigenvalue weighted by atomic mass is 10.1. The van der Waals surface area contributed by atoms with Crippen molar-refractivity contribution in [1.29, 1.82) is 0 Å². The number of likely N-dealkylation sites (N-methyl/N-ethyl adjacent to an activating group) is 1. The molecule has 1 aromatic rings. The van der Waals surface area contributed by atoms with Gasteiger partial charge in [0, 0.05) is 5.56 Å². The minimum atomic E-state index is -0.619. The summed E-state index contributed by atoms with van der Waals surface area (Å²) in [6.07, 6.45) is 0. The van der Waals surface area contributed by atoms with Gasteiger partial charge in [0.1, 0.15) is 0 Å². The molecule has 0 heterocycles. The van der Waals surface area contributed by atoms with Crippen LogP contribution in [0.5, 0.6) is 17.2 Å². The molecular weight excluding hydrogens is 250 g/mol. The van der Waals surface area contributed by atoms with E-state index in [-0.39, 0.29) is 18.0 Å². The average Bonchev–Trinajstić information content (AvgIpc) is 2.32. The number of rotatable bonds is 4. The van der Waals surface area contributed by atoms with Gasteiger partial charge in [-0.15, -0.1) is 0 Å². The summed E-state index contributed by atoms with van der Waals surface area (Å²) in [4.78, 5) is 13.1. The highest BCUT2D eigenvalue weighted by Gasteiger charge is 2.13. The van der Waals surface area contributed by atoms with Crippen molar-refractivity contribution in [2.75, 3.05) is 20.6 Å². The minimum absolute atomic E-state index is 0.184. The van der Waals surface area contributed by atoms with Crippen LogP contribution in [0.2, 0.25) is 0 Å². The number of nitrogens with zero attached hydrogens (tertiary/aromatic N) is 2. The summed E-state index contributed by atoms with van der Waals surface area (Å²) in [5, 5.41) is 32.0. The number of hydrogen-bond acceptors (Lipinski definition) is 6. The lowest BCUT2D eigenvalue weighted by Gasteiger charge is -2.09. The average molecular weight is 267 g/mol. The molecule has 7 heteroatoms. The molecule has 0 aliphatic heterocycles. The first-order valence-electron chi connectivity index (χ1n) is 5.55. The lowest BCUT2D eigenvalue weighted by Crippen LogP contribution is -2.30. The van der Waals surface area contributed by atoms with E-state index in [2.05, 4.69) is 10.5 Å². The predicted molar refractivity (Wildman–Crippen MR) is 70.3 cm³/mol. The number of benzene rings is 1. The van der Waals surface area contributed by atoms with Crippen LogP contribution < -0.4 is 5.43 Å². The molecule has 0 aliphatic carbocycles. The smallest absolute Gasteiger partial charge is 0.254 e. The van der Waals surface area contributed by atoms with Gasteiger partial charge >= 0.3 is 0 Å². The van der Waals surface area contributed by atoms with Gasteiger partial charge < -0.3 is 20.2 Å². The number of phenolic OH excluding ortho intramolecular Hbond substituents is 3. The minimum Gasteiger partial charge on any atom is -0.504 e. The van der Waals surface area contributed by atoms with E-state index in [0.29, 0.717) is 5.71 Å². The Kier molecular flexibility index (Phi) is 4.71. The van der Waals surface area contributed by atoms with Crippen LogP contribution >= 0.6 is 0 Å². The second kappa shape index (κ2) is 6.05. The quantitative estimate of drug-likeness (QED) is 0.354. The van der Waals surface area contributed by atoms with Crippen LogP contribution in [0, 0.1) is 0 Å². The molecule has 1 aromatic carbocycles. The Morgan fingerprint density at radius 1 is 1.26 bits per heavy atom. The number of carbonyl (C=O) groups excluding carboxylic acids is 1. The molecule has 1 amide bonds. The molecule has 104 valence electrons. The van der Waals surface area contributed by atoms with E-state index < -0.39 is 17.2 Å². The first kappa shape index (κ1) is 14.8. The molecule has 0 aromatic heterocycles. The SMILES string of the molecule is C/C(=N\NC(=O)CN(C)C)c1ccc(O)c(O)c1O. The molecule has 7 nitrogen and oxygen atoms in total. The van der Waals surface area contributed by atoms with E-state index in [9.17, 15) is 20.1 Å². The van der Waals surface area contributed by atoms with Crippen LogP contribution in [0.1, 0.15) is 12.5 Å². The highest BCUT2D eigenvalue weighted by molar-refractivity contribution is 6.02. The summed E-state index contributed by atoms with van der Waals surface area (Å²) in [5.74, 6) is -1.83. The summed E-state index contributed by atoms with van der Waals surface area (Å²) in [6.45, 7) is 1.74. The van der Waals surface area contributed by atoms with Crippen LogP contribution in [-0.4, -0.2) is 52.5 Å². The van der Waals surface area contributed by atoms with Crippen LogP contribution in [0.15, 0.2) is 17.2 Å². The molecule has 19 heavy (non-hydrogen) atoms. The third kappa shape index (κ3) is 3.85. The van der Waals surface area contributed by atoms with Crippen molar-refractivity contribution in [3.63, 3.8) is 0 Å². The largest absolute Gasteiger partial charge is 0.504 e. The molecule has 4 N–H and O–H groups in total. The zero-order valence-corrected chi connectivity index (χ0v) is 11.0. The van der Waals surface area contributed by atoms with Crippen molar-refractivity contribution in [3.8, 4) is 17.2 Å². The summed E-state index contributed by atoms with van der Waals surface area (Å²) >= 11 is 0. The van der Waals surface area contributed by atoms with Gasteiger partial charge in [-0.05, 0) is 33.2 Å². The summed E-state index contributed by atoms with van der Waals surface area (Å²) in [7, 11) is 3.50. The lowest BCUT2D eigenvalue weighted by molar-refractivity contribution is -0.121. The Balaban J connectivity index is 2.86. The fourth-order valence-electron chi connectivity index (χ4n) is 1.39. The van der Waals surface area contributed by atoms with Gasteiger partial charge in [0.25, 0.3) is 5.91 Å². The Hall–Kier alpha value is -2.28.